The highest BCUT2D eigenvalue weighted by Gasteiger charge is 2.44. The van der Waals surface area contributed by atoms with Crippen molar-refractivity contribution < 1.29 is 14.8 Å². The molecule has 138 valence electrons. The highest BCUT2D eigenvalue weighted by atomic mass is 28.3. The summed E-state index contributed by atoms with van der Waals surface area (Å²) in [5.41, 5.74) is 0.925. The van der Waals surface area contributed by atoms with E-state index >= 15 is 0 Å². The molecule has 2 aromatic carbocycles. The first-order valence-electron chi connectivity index (χ1n) is 8.94. The predicted molar refractivity (Wildman–Crippen MR) is 104 cm³/mol. The Labute approximate surface area is 154 Å². The van der Waals surface area contributed by atoms with Crippen LogP contribution in [0.4, 0.5) is 5.69 Å². The van der Waals surface area contributed by atoms with Crippen molar-refractivity contribution in [2.45, 2.75) is 44.4 Å². The van der Waals surface area contributed by atoms with Gasteiger partial charge in [0.05, 0.1) is 22.9 Å². The standard InChI is InChI=1S/C20H25NO4Si/c1-14-18(22)13-19(26(2,3)17-7-5-4-6-8-17)25-20(14)15-9-11-16(12-10-15)21(23)24/h4-12,14,18-20,22H,13H2,1-3H3/t14-,18-,19+,20+/m1/s1. The monoisotopic (exact) mass is 371 g/mol. The third-order valence-corrected chi connectivity index (χ3v) is 9.41. The molecule has 0 saturated carbocycles. The second kappa shape index (κ2) is 7.30. The van der Waals surface area contributed by atoms with E-state index in [0.29, 0.717) is 6.42 Å². The van der Waals surface area contributed by atoms with Crippen molar-refractivity contribution in [2.24, 2.45) is 5.92 Å². The first-order chi connectivity index (χ1) is 12.3. The molecule has 0 bridgehead atoms. The number of aliphatic hydroxyl groups is 1. The maximum atomic E-state index is 10.9. The van der Waals surface area contributed by atoms with Crippen LogP contribution in [-0.2, 0) is 4.74 Å². The average Bonchev–Trinajstić information content (AvgIpc) is 2.64. The molecule has 1 aliphatic heterocycles. The fraction of sp³-hybridized carbons (Fsp3) is 0.400. The Morgan fingerprint density at radius 1 is 1.12 bits per heavy atom. The Morgan fingerprint density at radius 3 is 2.31 bits per heavy atom. The topological polar surface area (TPSA) is 72.6 Å². The number of nitrogens with zero attached hydrogens (tertiary/aromatic N) is 1. The van der Waals surface area contributed by atoms with Crippen LogP contribution in [0.2, 0.25) is 13.1 Å². The fourth-order valence-corrected chi connectivity index (χ4v) is 6.42. The van der Waals surface area contributed by atoms with Gasteiger partial charge in [-0.05, 0) is 24.1 Å². The zero-order chi connectivity index (χ0) is 18.9. The molecule has 2 aromatic rings. The second-order valence-corrected chi connectivity index (χ2v) is 12.3. The van der Waals surface area contributed by atoms with Crippen molar-refractivity contribution in [1.82, 2.24) is 0 Å². The SMILES string of the molecule is C[C@@H]1[C@H](O)C[C@H]([Si](C)(C)c2ccccc2)O[C@@H]1c1ccc([N+](=O)[O-])cc1. The van der Waals surface area contributed by atoms with E-state index in [1.165, 1.54) is 17.3 Å². The minimum atomic E-state index is -1.94. The summed E-state index contributed by atoms with van der Waals surface area (Å²) in [6, 6.07) is 16.9. The number of rotatable bonds is 4. The molecule has 0 aliphatic carbocycles. The Hall–Kier alpha value is -2.02. The van der Waals surface area contributed by atoms with Gasteiger partial charge in [0, 0.05) is 18.1 Å². The van der Waals surface area contributed by atoms with Gasteiger partial charge in [0.25, 0.3) is 5.69 Å². The molecule has 0 radical (unpaired) electrons. The zero-order valence-electron chi connectivity index (χ0n) is 15.3. The van der Waals surface area contributed by atoms with E-state index in [9.17, 15) is 15.2 Å². The average molecular weight is 372 g/mol. The lowest BCUT2D eigenvalue weighted by atomic mass is 9.88. The van der Waals surface area contributed by atoms with E-state index in [1.807, 2.05) is 25.1 Å². The molecular formula is C20H25NO4Si. The van der Waals surface area contributed by atoms with Crippen molar-refractivity contribution >= 4 is 18.9 Å². The third-order valence-electron chi connectivity index (χ3n) is 5.61. The second-order valence-electron chi connectivity index (χ2n) is 7.64. The van der Waals surface area contributed by atoms with Gasteiger partial charge in [0.1, 0.15) is 8.07 Å². The number of non-ortho nitro benzene ring substituents is 1. The summed E-state index contributed by atoms with van der Waals surface area (Å²) >= 11 is 0. The molecule has 3 rings (SSSR count). The fourth-order valence-electron chi connectivity index (χ4n) is 3.68. The maximum absolute atomic E-state index is 10.9. The van der Waals surface area contributed by atoms with Crippen molar-refractivity contribution in [3.05, 3.63) is 70.3 Å². The molecule has 1 heterocycles. The number of hydrogen-bond donors (Lipinski definition) is 1. The number of aliphatic hydroxyl groups excluding tert-OH is 1. The van der Waals surface area contributed by atoms with Crippen molar-refractivity contribution in [3.63, 3.8) is 0 Å². The normalized spacial score (nSPS) is 26.5. The molecule has 0 spiro atoms. The summed E-state index contributed by atoms with van der Waals surface area (Å²) in [6.07, 6.45) is -0.0943. The van der Waals surface area contributed by atoms with E-state index in [4.69, 9.17) is 4.74 Å². The van der Waals surface area contributed by atoms with Crippen LogP contribution in [0, 0.1) is 16.0 Å². The lowest BCUT2D eigenvalue weighted by Crippen LogP contribution is -2.58. The molecule has 4 atom stereocenters. The molecule has 5 nitrogen and oxygen atoms in total. The smallest absolute Gasteiger partial charge is 0.269 e. The quantitative estimate of drug-likeness (QED) is 0.506. The molecule has 1 saturated heterocycles. The van der Waals surface area contributed by atoms with Crippen LogP contribution in [-0.4, -0.2) is 29.9 Å². The highest BCUT2D eigenvalue weighted by molar-refractivity contribution is 6.90. The highest BCUT2D eigenvalue weighted by Crippen LogP contribution is 2.39. The van der Waals surface area contributed by atoms with Crippen LogP contribution in [0.5, 0.6) is 0 Å². The maximum Gasteiger partial charge on any atom is 0.269 e. The van der Waals surface area contributed by atoms with E-state index < -0.39 is 19.1 Å². The first-order valence-corrected chi connectivity index (χ1v) is 12.0. The van der Waals surface area contributed by atoms with Crippen molar-refractivity contribution in [1.29, 1.82) is 0 Å². The van der Waals surface area contributed by atoms with E-state index in [2.05, 4.69) is 25.2 Å². The number of benzene rings is 2. The molecule has 1 aliphatic rings. The summed E-state index contributed by atoms with van der Waals surface area (Å²) < 4.78 is 6.51. The molecular weight excluding hydrogens is 346 g/mol. The van der Waals surface area contributed by atoms with Crippen molar-refractivity contribution in [2.75, 3.05) is 0 Å². The van der Waals surface area contributed by atoms with E-state index in [-0.39, 0.29) is 23.4 Å². The minimum Gasteiger partial charge on any atom is -0.393 e. The van der Waals surface area contributed by atoms with Gasteiger partial charge in [0.2, 0.25) is 0 Å². The summed E-state index contributed by atoms with van der Waals surface area (Å²) in [5, 5.41) is 22.9. The third kappa shape index (κ3) is 3.58. The van der Waals surface area contributed by atoms with Gasteiger partial charge in [0.15, 0.2) is 0 Å². The molecule has 0 aromatic heterocycles. The molecule has 26 heavy (non-hydrogen) atoms. The molecule has 1 N–H and O–H groups in total. The first kappa shape index (κ1) is 18.8. The van der Waals surface area contributed by atoms with Crippen LogP contribution < -0.4 is 5.19 Å². The minimum absolute atomic E-state index is 0.0173. The van der Waals surface area contributed by atoms with E-state index in [0.717, 1.165) is 5.56 Å². The number of hydrogen-bond acceptors (Lipinski definition) is 4. The van der Waals surface area contributed by atoms with Gasteiger partial charge >= 0.3 is 0 Å². The Bertz CT molecular complexity index is 763. The van der Waals surface area contributed by atoms with Gasteiger partial charge in [-0.3, -0.25) is 10.1 Å². The lowest BCUT2D eigenvalue weighted by molar-refractivity contribution is -0.384. The number of ether oxygens (including phenoxy) is 1. The Balaban J connectivity index is 1.88. The Morgan fingerprint density at radius 2 is 1.73 bits per heavy atom. The van der Waals surface area contributed by atoms with Gasteiger partial charge < -0.3 is 9.84 Å². The summed E-state index contributed by atoms with van der Waals surface area (Å²) in [6.45, 7) is 6.51. The Kier molecular flexibility index (Phi) is 5.27. The zero-order valence-corrected chi connectivity index (χ0v) is 16.3. The van der Waals surface area contributed by atoms with Crippen LogP contribution in [0.25, 0.3) is 0 Å². The number of nitro groups is 1. The molecule has 6 heteroatoms. The molecule has 0 unspecified atom stereocenters. The van der Waals surface area contributed by atoms with Gasteiger partial charge in [-0.2, -0.15) is 0 Å². The van der Waals surface area contributed by atoms with Crippen LogP contribution in [0.15, 0.2) is 54.6 Å². The van der Waals surface area contributed by atoms with Gasteiger partial charge in [-0.15, -0.1) is 0 Å². The van der Waals surface area contributed by atoms with Gasteiger partial charge in [-0.25, -0.2) is 0 Å². The molecule has 0 amide bonds. The summed E-state index contributed by atoms with van der Waals surface area (Å²) in [5.74, 6) is -0.0618. The summed E-state index contributed by atoms with van der Waals surface area (Å²) in [7, 11) is -1.94. The van der Waals surface area contributed by atoms with Crippen LogP contribution in [0.1, 0.15) is 25.0 Å². The van der Waals surface area contributed by atoms with Crippen LogP contribution >= 0.6 is 0 Å². The van der Waals surface area contributed by atoms with Crippen LogP contribution in [0.3, 0.4) is 0 Å². The largest absolute Gasteiger partial charge is 0.393 e. The summed E-state index contributed by atoms with van der Waals surface area (Å²) in [4.78, 5) is 10.5. The lowest BCUT2D eigenvalue weighted by Gasteiger charge is -2.44. The van der Waals surface area contributed by atoms with Gasteiger partial charge in [-0.1, -0.05) is 55.5 Å². The molecule has 1 fully saturated rings. The number of nitro benzene ring substituents is 1. The van der Waals surface area contributed by atoms with E-state index in [1.54, 1.807) is 12.1 Å². The van der Waals surface area contributed by atoms with Crippen molar-refractivity contribution in [3.8, 4) is 0 Å². The predicted octanol–water partition coefficient (Wildman–Crippen LogP) is 3.58.